The predicted molar refractivity (Wildman–Crippen MR) is 164 cm³/mol. The molecule has 0 amide bonds. The number of nitrogens with one attached hydrogen (secondary N) is 1. The number of aromatic nitrogens is 5. The Morgan fingerprint density at radius 3 is 2.83 bits per heavy atom. The molecule has 3 aromatic heterocycles. The third kappa shape index (κ3) is 5.30. The Morgan fingerprint density at radius 2 is 1.98 bits per heavy atom. The van der Waals surface area contributed by atoms with Crippen molar-refractivity contribution < 1.29 is 9.47 Å². The van der Waals surface area contributed by atoms with Crippen LogP contribution < -0.4 is 19.7 Å². The number of fused-ring (bicyclic) bond motifs is 4. The first-order valence-electron chi connectivity index (χ1n) is 14.8. The molecule has 2 aromatic carbocycles. The molecule has 10 nitrogen and oxygen atoms in total. The standard InChI is InChI=1S/C32H36N8O2/c1-22-18-23(8-11-28(22)42-25-12-15-40-29(19-25)34-21-36-40)37-32-30-26(33-20-35-32)9-10-27-31(30)41-17-16-39(27)14-4-3-13-38(2)24-6-5-7-24/h8-12,15,18-21,24H,3-7,13-14,16-17H2,1-2H3,(H,33,35,37). The first kappa shape index (κ1) is 26.5. The maximum absolute atomic E-state index is 6.28. The summed E-state index contributed by atoms with van der Waals surface area (Å²) >= 11 is 0. The highest BCUT2D eigenvalue weighted by atomic mass is 16.5. The van der Waals surface area contributed by atoms with Gasteiger partial charge >= 0.3 is 0 Å². The predicted octanol–water partition coefficient (Wildman–Crippen LogP) is 5.98. The fourth-order valence-corrected chi connectivity index (χ4v) is 5.85. The molecule has 2 aliphatic rings. The van der Waals surface area contributed by atoms with E-state index in [4.69, 9.17) is 9.47 Å². The minimum Gasteiger partial charge on any atom is -0.489 e. The largest absolute Gasteiger partial charge is 0.489 e. The lowest BCUT2D eigenvalue weighted by Gasteiger charge is -2.35. The van der Waals surface area contributed by atoms with Gasteiger partial charge < -0.3 is 24.6 Å². The average molecular weight is 565 g/mol. The Balaban J connectivity index is 1.08. The van der Waals surface area contributed by atoms with Crippen LogP contribution in [0.5, 0.6) is 17.2 Å². The van der Waals surface area contributed by atoms with Crippen LogP contribution in [0.1, 0.15) is 37.7 Å². The van der Waals surface area contributed by atoms with Gasteiger partial charge in [0.2, 0.25) is 0 Å². The van der Waals surface area contributed by atoms with Crippen molar-refractivity contribution in [3.05, 3.63) is 66.9 Å². The number of benzene rings is 2. The Kier molecular flexibility index (Phi) is 7.21. The highest BCUT2D eigenvalue weighted by Gasteiger charge is 2.24. The van der Waals surface area contributed by atoms with Gasteiger partial charge in [0, 0.05) is 30.5 Å². The van der Waals surface area contributed by atoms with Crippen LogP contribution in [0.15, 0.2) is 61.3 Å². The van der Waals surface area contributed by atoms with E-state index in [0.29, 0.717) is 12.4 Å². The SMILES string of the molecule is Cc1cc(Nc2ncnc3ccc4c(c23)OCCN4CCCCN(C)C2CCC2)ccc1Oc1ccn2ncnc2c1. The molecule has 0 atom stereocenters. The van der Waals surface area contributed by atoms with Crippen LogP contribution in [0, 0.1) is 6.92 Å². The van der Waals surface area contributed by atoms with Crippen LogP contribution in [0.3, 0.4) is 0 Å². The summed E-state index contributed by atoms with van der Waals surface area (Å²) < 4.78 is 14.1. The second kappa shape index (κ2) is 11.4. The van der Waals surface area contributed by atoms with Crippen LogP contribution in [0.25, 0.3) is 16.6 Å². The van der Waals surface area contributed by atoms with Gasteiger partial charge in [-0.3, -0.25) is 0 Å². The summed E-state index contributed by atoms with van der Waals surface area (Å²) in [7, 11) is 2.27. The van der Waals surface area contributed by atoms with E-state index in [0.717, 1.165) is 76.4 Å². The molecule has 216 valence electrons. The Labute approximate surface area is 245 Å². The summed E-state index contributed by atoms with van der Waals surface area (Å²) in [5, 5.41) is 8.56. The van der Waals surface area contributed by atoms with E-state index in [2.05, 4.69) is 60.4 Å². The number of ether oxygens (including phenoxy) is 2. The van der Waals surface area contributed by atoms with Gasteiger partial charge in [-0.05, 0) is 88.2 Å². The Bertz CT molecular complexity index is 1720. The molecule has 1 saturated carbocycles. The van der Waals surface area contributed by atoms with E-state index in [1.807, 2.05) is 37.4 Å². The zero-order valence-corrected chi connectivity index (χ0v) is 24.2. The summed E-state index contributed by atoms with van der Waals surface area (Å²) in [6.07, 6.45) is 11.4. The van der Waals surface area contributed by atoms with Crippen LogP contribution in [0.2, 0.25) is 0 Å². The molecule has 1 fully saturated rings. The van der Waals surface area contributed by atoms with E-state index in [-0.39, 0.29) is 0 Å². The molecule has 4 heterocycles. The van der Waals surface area contributed by atoms with Crippen molar-refractivity contribution >= 4 is 33.7 Å². The highest BCUT2D eigenvalue weighted by molar-refractivity contribution is 6.00. The minimum absolute atomic E-state index is 0.647. The second-order valence-electron chi connectivity index (χ2n) is 11.3. The molecule has 42 heavy (non-hydrogen) atoms. The molecule has 0 spiro atoms. The molecular formula is C32H36N8O2. The third-order valence-corrected chi connectivity index (χ3v) is 8.49. The van der Waals surface area contributed by atoms with E-state index in [1.165, 1.54) is 38.6 Å². The van der Waals surface area contributed by atoms with Gasteiger partial charge in [-0.25, -0.2) is 19.5 Å². The Hall–Kier alpha value is -4.44. The molecular weight excluding hydrogens is 528 g/mol. The lowest BCUT2D eigenvalue weighted by Crippen LogP contribution is -2.38. The fraction of sp³-hybridized carbons (Fsp3) is 0.375. The van der Waals surface area contributed by atoms with Gasteiger partial charge in [0.15, 0.2) is 11.4 Å². The maximum Gasteiger partial charge on any atom is 0.158 e. The van der Waals surface area contributed by atoms with Crippen molar-refractivity contribution in [2.75, 3.05) is 43.5 Å². The van der Waals surface area contributed by atoms with Crippen LogP contribution >= 0.6 is 0 Å². The average Bonchev–Trinajstić information content (AvgIpc) is 3.44. The number of nitrogens with zero attached hydrogens (tertiary/aromatic N) is 7. The molecule has 5 aromatic rings. The zero-order chi connectivity index (χ0) is 28.5. The van der Waals surface area contributed by atoms with E-state index >= 15 is 0 Å². The van der Waals surface area contributed by atoms with Gasteiger partial charge in [0.05, 0.1) is 23.1 Å². The summed E-state index contributed by atoms with van der Waals surface area (Å²) in [5.74, 6) is 3.06. The lowest BCUT2D eigenvalue weighted by molar-refractivity contribution is 0.157. The highest BCUT2D eigenvalue weighted by Crippen LogP contribution is 2.41. The normalized spacial score (nSPS) is 15.1. The first-order chi connectivity index (χ1) is 20.6. The molecule has 1 N–H and O–H groups in total. The summed E-state index contributed by atoms with van der Waals surface area (Å²) in [6, 6.07) is 14.8. The third-order valence-electron chi connectivity index (χ3n) is 8.49. The molecule has 0 bridgehead atoms. The summed E-state index contributed by atoms with van der Waals surface area (Å²) in [5.41, 5.74) is 4.61. The van der Waals surface area contributed by atoms with Crippen molar-refractivity contribution in [2.45, 2.75) is 45.1 Å². The van der Waals surface area contributed by atoms with Crippen LogP contribution in [-0.4, -0.2) is 68.8 Å². The number of anilines is 3. The van der Waals surface area contributed by atoms with Crippen molar-refractivity contribution in [3.8, 4) is 17.2 Å². The van der Waals surface area contributed by atoms with Gasteiger partial charge in [-0.15, -0.1) is 0 Å². The van der Waals surface area contributed by atoms with Gasteiger partial charge in [-0.1, -0.05) is 6.42 Å². The lowest BCUT2D eigenvalue weighted by atomic mass is 9.92. The topological polar surface area (TPSA) is 92.9 Å². The molecule has 1 aliphatic heterocycles. The van der Waals surface area contributed by atoms with Crippen LogP contribution in [0.4, 0.5) is 17.2 Å². The van der Waals surface area contributed by atoms with Gasteiger partial charge in [0.1, 0.15) is 36.6 Å². The smallest absolute Gasteiger partial charge is 0.158 e. The molecule has 1 aliphatic carbocycles. The first-order valence-corrected chi connectivity index (χ1v) is 14.8. The molecule has 10 heteroatoms. The van der Waals surface area contributed by atoms with Crippen molar-refractivity contribution in [1.29, 1.82) is 0 Å². The van der Waals surface area contributed by atoms with Crippen molar-refractivity contribution in [1.82, 2.24) is 29.5 Å². The molecule has 7 rings (SSSR count). The minimum atomic E-state index is 0.647. The van der Waals surface area contributed by atoms with Crippen molar-refractivity contribution in [2.24, 2.45) is 0 Å². The number of aryl methyl sites for hydroxylation is 1. The summed E-state index contributed by atoms with van der Waals surface area (Å²) in [6.45, 7) is 5.75. The fourth-order valence-electron chi connectivity index (χ4n) is 5.85. The number of rotatable bonds is 10. The van der Waals surface area contributed by atoms with E-state index in [9.17, 15) is 0 Å². The number of hydrogen-bond acceptors (Lipinski definition) is 9. The quantitative estimate of drug-likeness (QED) is 0.206. The van der Waals surface area contributed by atoms with E-state index in [1.54, 1.807) is 10.8 Å². The van der Waals surface area contributed by atoms with Gasteiger partial charge in [-0.2, -0.15) is 5.10 Å². The van der Waals surface area contributed by atoms with Crippen molar-refractivity contribution in [3.63, 3.8) is 0 Å². The number of pyridine rings is 1. The summed E-state index contributed by atoms with van der Waals surface area (Å²) in [4.78, 5) is 18.4. The Morgan fingerprint density at radius 1 is 1.05 bits per heavy atom. The molecule has 0 saturated heterocycles. The van der Waals surface area contributed by atoms with Gasteiger partial charge in [0.25, 0.3) is 0 Å². The number of hydrogen-bond donors (Lipinski definition) is 1. The number of unbranched alkanes of at least 4 members (excludes halogenated alkanes) is 1. The van der Waals surface area contributed by atoms with Crippen LogP contribution in [-0.2, 0) is 0 Å². The zero-order valence-electron chi connectivity index (χ0n) is 24.2. The molecule has 0 radical (unpaired) electrons. The monoisotopic (exact) mass is 564 g/mol. The maximum atomic E-state index is 6.28. The van der Waals surface area contributed by atoms with E-state index < -0.39 is 0 Å². The second-order valence-corrected chi connectivity index (χ2v) is 11.3. The molecule has 0 unspecified atom stereocenters.